The number of fused-ring (bicyclic) bond motifs is 1. The minimum absolute atomic E-state index is 0.0707. The van der Waals surface area contributed by atoms with Crippen molar-refractivity contribution in [2.45, 2.75) is 25.8 Å². The van der Waals surface area contributed by atoms with Gasteiger partial charge in [0.25, 0.3) is 5.91 Å². The Morgan fingerprint density at radius 1 is 1.21 bits per heavy atom. The second kappa shape index (κ2) is 6.86. The number of piperazine rings is 1. The van der Waals surface area contributed by atoms with Crippen molar-refractivity contribution in [2.75, 3.05) is 45.8 Å². The Bertz CT molecular complexity index is 678. The van der Waals surface area contributed by atoms with Crippen LogP contribution in [0.5, 0.6) is 0 Å². The van der Waals surface area contributed by atoms with Crippen molar-refractivity contribution in [3.8, 4) is 0 Å². The Hall–Kier alpha value is -1.37. The average Bonchev–Trinajstić information content (AvgIpc) is 3.25. The maximum absolute atomic E-state index is 12.3. The van der Waals surface area contributed by atoms with Crippen LogP contribution in [0, 0.1) is 0 Å². The van der Waals surface area contributed by atoms with Gasteiger partial charge in [-0.2, -0.15) is 0 Å². The Balaban J connectivity index is 1.26. The number of aromatic nitrogens is 1. The normalized spacial score (nSPS) is 19.9. The fourth-order valence-electron chi connectivity index (χ4n) is 3.39. The van der Waals surface area contributed by atoms with Crippen LogP contribution in [0.1, 0.15) is 35.5 Å². The van der Waals surface area contributed by atoms with Gasteiger partial charge in [-0.1, -0.05) is 6.92 Å². The Labute approximate surface area is 147 Å². The van der Waals surface area contributed by atoms with E-state index in [1.54, 1.807) is 11.3 Å². The molecule has 0 atom stereocenters. The van der Waals surface area contributed by atoms with E-state index >= 15 is 0 Å². The van der Waals surface area contributed by atoms with E-state index in [4.69, 9.17) is 0 Å². The summed E-state index contributed by atoms with van der Waals surface area (Å²) in [6, 6.07) is 2.74. The molecule has 1 saturated carbocycles. The largest absolute Gasteiger partial charge is 0.350 e. The average molecular weight is 347 g/mol. The number of nitrogens with one attached hydrogen (secondary N) is 1. The molecule has 2 fully saturated rings. The van der Waals surface area contributed by atoms with E-state index in [9.17, 15) is 4.79 Å². The number of thiophene rings is 1. The van der Waals surface area contributed by atoms with Crippen LogP contribution in [-0.4, -0.2) is 66.1 Å². The van der Waals surface area contributed by atoms with Gasteiger partial charge in [-0.25, -0.2) is 0 Å². The Morgan fingerprint density at radius 3 is 2.62 bits per heavy atom. The van der Waals surface area contributed by atoms with Crippen LogP contribution in [0.2, 0.25) is 0 Å². The predicted octanol–water partition coefficient (Wildman–Crippen LogP) is 2.41. The molecule has 0 radical (unpaired) electrons. The smallest absolute Gasteiger partial charge is 0.261 e. The SMILES string of the molecule is CCN1CCN(CCNC(=O)c2cc3cn(C4CC4)cc3s2)CC1. The first-order valence-electron chi connectivity index (χ1n) is 9.07. The summed E-state index contributed by atoms with van der Waals surface area (Å²) in [5.41, 5.74) is 0. The van der Waals surface area contributed by atoms with Crippen molar-refractivity contribution in [3.63, 3.8) is 0 Å². The summed E-state index contributed by atoms with van der Waals surface area (Å²) in [7, 11) is 0. The number of likely N-dealkylation sites (N-methyl/N-ethyl adjacent to an activating group) is 1. The number of amides is 1. The van der Waals surface area contributed by atoms with E-state index in [2.05, 4.69) is 39.0 Å². The maximum Gasteiger partial charge on any atom is 0.261 e. The lowest BCUT2D eigenvalue weighted by Gasteiger charge is -2.33. The van der Waals surface area contributed by atoms with Crippen LogP contribution in [-0.2, 0) is 0 Å². The van der Waals surface area contributed by atoms with Crippen LogP contribution in [0.4, 0.5) is 0 Å². The molecule has 1 aliphatic carbocycles. The first-order chi connectivity index (χ1) is 11.7. The van der Waals surface area contributed by atoms with E-state index in [0.717, 1.165) is 50.7 Å². The molecule has 1 amide bonds. The highest BCUT2D eigenvalue weighted by molar-refractivity contribution is 7.20. The molecule has 3 heterocycles. The molecule has 1 aliphatic heterocycles. The molecule has 6 heteroatoms. The van der Waals surface area contributed by atoms with Crippen molar-refractivity contribution in [1.29, 1.82) is 0 Å². The third-order valence-corrected chi connectivity index (χ3v) is 6.25. The highest BCUT2D eigenvalue weighted by Crippen LogP contribution is 2.38. The van der Waals surface area contributed by atoms with Gasteiger partial charge in [-0.15, -0.1) is 11.3 Å². The van der Waals surface area contributed by atoms with E-state index in [-0.39, 0.29) is 5.91 Å². The highest BCUT2D eigenvalue weighted by Gasteiger charge is 2.24. The lowest BCUT2D eigenvalue weighted by Crippen LogP contribution is -2.48. The molecule has 2 aliphatic rings. The van der Waals surface area contributed by atoms with Crippen LogP contribution < -0.4 is 5.32 Å². The van der Waals surface area contributed by atoms with E-state index in [0.29, 0.717) is 6.04 Å². The molecule has 0 aromatic carbocycles. The quantitative estimate of drug-likeness (QED) is 0.873. The molecule has 1 saturated heterocycles. The molecule has 24 heavy (non-hydrogen) atoms. The van der Waals surface area contributed by atoms with E-state index in [1.165, 1.54) is 22.9 Å². The summed E-state index contributed by atoms with van der Waals surface area (Å²) < 4.78 is 3.53. The summed E-state index contributed by atoms with van der Waals surface area (Å²) in [6.45, 7) is 9.54. The summed E-state index contributed by atoms with van der Waals surface area (Å²) in [6.07, 6.45) is 6.97. The van der Waals surface area contributed by atoms with Gasteiger partial charge in [0, 0.05) is 63.1 Å². The van der Waals surface area contributed by atoms with Gasteiger partial charge in [0.2, 0.25) is 0 Å². The minimum Gasteiger partial charge on any atom is -0.350 e. The van der Waals surface area contributed by atoms with Crippen LogP contribution in [0.3, 0.4) is 0 Å². The molecule has 5 nitrogen and oxygen atoms in total. The standard InChI is InChI=1S/C18H26N4OS/c1-2-20-7-9-21(10-8-20)6-5-19-18(23)16-11-14-12-22(15-3-4-15)13-17(14)24-16/h11-13,15H,2-10H2,1H3,(H,19,23). The first kappa shape index (κ1) is 16.1. The second-order valence-corrected chi connectivity index (χ2v) is 7.98. The minimum atomic E-state index is 0.0707. The van der Waals surface area contributed by atoms with Crippen molar-refractivity contribution in [2.24, 2.45) is 0 Å². The van der Waals surface area contributed by atoms with Gasteiger partial charge in [0.15, 0.2) is 0 Å². The molecule has 1 N–H and O–H groups in total. The molecule has 0 spiro atoms. The number of rotatable bonds is 6. The Morgan fingerprint density at radius 2 is 1.96 bits per heavy atom. The summed E-state index contributed by atoms with van der Waals surface area (Å²) in [5, 5.41) is 4.28. The third kappa shape index (κ3) is 3.50. The van der Waals surface area contributed by atoms with Crippen molar-refractivity contribution in [1.82, 2.24) is 19.7 Å². The fraction of sp³-hybridized carbons (Fsp3) is 0.611. The van der Waals surface area contributed by atoms with Gasteiger partial charge in [-0.05, 0) is 25.5 Å². The predicted molar refractivity (Wildman–Crippen MR) is 99.0 cm³/mol. The molecule has 2 aromatic heterocycles. The van der Waals surface area contributed by atoms with E-state index < -0.39 is 0 Å². The zero-order valence-electron chi connectivity index (χ0n) is 14.3. The Kier molecular flexibility index (Phi) is 4.61. The molecule has 2 aromatic rings. The monoisotopic (exact) mass is 346 g/mol. The van der Waals surface area contributed by atoms with Crippen molar-refractivity contribution in [3.05, 3.63) is 23.3 Å². The van der Waals surface area contributed by atoms with Gasteiger partial charge in [0.1, 0.15) is 0 Å². The number of hydrogen-bond acceptors (Lipinski definition) is 4. The van der Waals surface area contributed by atoms with Gasteiger partial charge in [-0.3, -0.25) is 9.69 Å². The third-order valence-electron chi connectivity index (χ3n) is 5.16. The summed E-state index contributed by atoms with van der Waals surface area (Å²) >= 11 is 1.61. The highest BCUT2D eigenvalue weighted by atomic mass is 32.1. The molecular weight excluding hydrogens is 320 g/mol. The lowest BCUT2D eigenvalue weighted by molar-refractivity contribution is 0.0942. The first-order valence-corrected chi connectivity index (χ1v) is 9.88. The van der Waals surface area contributed by atoms with Crippen LogP contribution in [0.15, 0.2) is 18.5 Å². The van der Waals surface area contributed by atoms with Crippen LogP contribution >= 0.6 is 11.3 Å². The van der Waals surface area contributed by atoms with Gasteiger partial charge >= 0.3 is 0 Å². The van der Waals surface area contributed by atoms with Crippen molar-refractivity contribution >= 4 is 27.3 Å². The number of carbonyl (C=O) groups is 1. The maximum atomic E-state index is 12.3. The van der Waals surface area contributed by atoms with Crippen molar-refractivity contribution < 1.29 is 4.79 Å². The second-order valence-electron chi connectivity index (χ2n) is 6.90. The summed E-state index contributed by atoms with van der Waals surface area (Å²) in [4.78, 5) is 18.1. The zero-order chi connectivity index (χ0) is 16.5. The number of nitrogens with zero attached hydrogens (tertiary/aromatic N) is 3. The topological polar surface area (TPSA) is 40.5 Å². The van der Waals surface area contributed by atoms with Gasteiger partial charge < -0.3 is 14.8 Å². The zero-order valence-corrected chi connectivity index (χ0v) is 15.1. The summed E-state index contributed by atoms with van der Waals surface area (Å²) in [5.74, 6) is 0.0707. The fourth-order valence-corrected chi connectivity index (χ4v) is 4.39. The lowest BCUT2D eigenvalue weighted by atomic mass is 10.3. The molecule has 130 valence electrons. The number of carbonyl (C=O) groups excluding carboxylic acids is 1. The van der Waals surface area contributed by atoms with Crippen LogP contribution in [0.25, 0.3) is 10.1 Å². The van der Waals surface area contributed by atoms with E-state index in [1.807, 2.05) is 6.07 Å². The van der Waals surface area contributed by atoms with Gasteiger partial charge in [0.05, 0.1) is 9.58 Å². The molecular formula is C18H26N4OS. The molecule has 0 bridgehead atoms. The molecule has 4 rings (SSSR count). The molecule has 0 unspecified atom stereocenters. The number of hydrogen-bond donors (Lipinski definition) is 1.